The third-order valence-corrected chi connectivity index (χ3v) is 3.24. The Morgan fingerprint density at radius 2 is 2.17 bits per heavy atom. The maximum absolute atomic E-state index is 11.1. The van der Waals surface area contributed by atoms with Crippen LogP contribution < -0.4 is 11.1 Å². The Bertz CT molecular complexity index is 586. The highest BCUT2D eigenvalue weighted by atomic mass is 16.1. The van der Waals surface area contributed by atoms with Gasteiger partial charge in [-0.15, -0.1) is 0 Å². The smallest absolute Gasteiger partial charge is 0.286 e. The normalized spacial score (nSPS) is 17.1. The quantitative estimate of drug-likeness (QED) is 0.767. The number of rotatable bonds is 2. The van der Waals surface area contributed by atoms with Crippen molar-refractivity contribution in [3.63, 3.8) is 0 Å². The molecular weight excluding hydrogens is 232 g/mol. The molecule has 0 saturated carbocycles. The van der Waals surface area contributed by atoms with E-state index in [0.717, 1.165) is 25.9 Å². The summed E-state index contributed by atoms with van der Waals surface area (Å²) in [4.78, 5) is 23.5. The summed E-state index contributed by atoms with van der Waals surface area (Å²) in [7, 11) is 0. The summed E-state index contributed by atoms with van der Waals surface area (Å²) in [5, 5.41) is 3.31. The molecule has 1 amide bonds. The Kier molecular flexibility index (Phi) is 2.67. The van der Waals surface area contributed by atoms with Gasteiger partial charge in [-0.25, -0.2) is 15.0 Å². The molecule has 0 aromatic carbocycles. The van der Waals surface area contributed by atoms with Gasteiger partial charge >= 0.3 is 0 Å². The summed E-state index contributed by atoms with van der Waals surface area (Å²) < 4.78 is 2.02. The van der Waals surface area contributed by atoms with Crippen LogP contribution in [0.1, 0.15) is 29.5 Å². The molecule has 0 spiro atoms. The van der Waals surface area contributed by atoms with Crippen molar-refractivity contribution in [1.29, 1.82) is 0 Å². The number of primary amides is 1. The lowest BCUT2D eigenvalue weighted by Crippen LogP contribution is -2.29. The summed E-state index contributed by atoms with van der Waals surface area (Å²) >= 11 is 0. The minimum absolute atomic E-state index is 0.0400. The largest absolute Gasteiger partial charge is 0.363 e. The summed E-state index contributed by atoms with van der Waals surface area (Å²) in [6.07, 6.45) is 5.36. The lowest BCUT2D eigenvalue weighted by Gasteiger charge is -2.23. The van der Waals surface area contributed by atoms with Gasteiger partial charge in [0.05, 0.1) is 12.5 Å². The Labute approximate surface area is 103 Å². The van der Waals surface area contributed by atoms with Gasteiger partial charge in [-0.05, 0) is 25.9 Å². The van der Waals surface area contributed by atoms with Crippen LogP contribution in [0.15, 0.2) is 12.5 Å². The molecule has 7 heteroatoms. The summed E-state index contributed by atoms with van der Waals surface area (Å²) in [5.74, 6) is -0.576. The maximum Gasteiger partial charge on any atom is 0.286 e. The number of carbonyl (C=O) groups excluding carboxylic acids is 1. The van der Waals surface area contributed by atoms with E-state index in [1.165, 1.54) is 0 Å². The van der Waals surface area contributed by atoms with E-state index in [0.29, 0.717) is 17.2 Å². The second-order valence-corrected chi connectivity index (χ2v) is 4.40. The van der Waals surface area contributed by atoms with Crippen molar-refractivity contribution in [1.82, 2.24) is 24.8 Å². The first-order chi connectivity index (χ1) is 8.75. The molecule has 0 atom stereocenters. The molecule has 1 fully saturated rings. The predicted molar refractivity (Wildman–Crippen MR) is 65.0 cm³/mol. The molecule has 3 heterocycles. The zero-order valence-electron chi connectivity index (χ0n) is 9.83. The average Bonchev–Trinajstić information content (AvgIpc) is 2.82. The molecule has 0 aliphatic carbocycles. The van der Waals surface area contributed by atoms with Gasteiger partial charge in [-0.2, -0.15) is 0 Å². The maximum atomic E-state index is 11.1. The van der Waals surface area contributed by atoms with E-state index in [2.05, 4.69) is 20.3 Å². The Morgan fingerprint density at radius 3 is 2.89 bits per heavy atom. The molecular formula is C11H14N6O. The van der Waals surface area contributed by atoms with Crippen molar-refractivity contribution in [3.05, 3.63) is 18.3 Å². The van der Waals surface area contributed by atoms with Crippen LogP contribution in [0, 0.1) is 0 Å². The zero-order chi connectivity index (χ0) is 12.5. The summed E-state index contributed by atoms with van der Waals surface area (Å²) in [6.45, 7) is 1.97. The zero-order valence-corrected chi connectivity index (χ0v) is 9.83. The number of fused-ring (bicyclic) bond motifs is 1. The SMILES string of the molecule is NC(=O)c1ncc2ncn(C3CCNCC3)c2n1. The van der Waals surface area contributed by atoms with Gasteiger partial charge in [0, 0.05) is 6.04 Å². The minimum atomic E-state index is -0.616. The highest BCUT2D eigenvalue weighted by molar-refractivity contribution is 5.90. The van der Waals surface area contributed by atoms with Gasteiger partial charge in [0.15, 0.2) is 5.65 Å². The molecule has 0 unspecified atom stereocenters. The first-order valence-corrected chi connectivity index (χ1v) is 5.96. The van der Waals surface area contributed by atoms with E-state index in [9.17, 15) is 4.79 Å². The van der Waals surface area contributed by atoms with Crippen LogP contribution in [-0.2, 0) is 0 Å². The Balaban J connectivity index is 2.05. The van der Waals surface area contributed by atoms with Crippen LogP contribution in [0.5, 0.6) is 0 Å². The van der Waals surface area contributed by atoms with Gasteiger partial charge in [-0.3, -0.25) is 4.79 Å². The standard InChI is InChI=1S/C11H14N6O/c12-9(18)10-14-5-8-11(16-10)17(6-15-8)7-1-3-13-4-2-7/h5-7,13H,1-4H2,(H2,12,18). The topological polar surface area (TPSA) is 98.7 Å². The fraction of sp³-hybridized carbons (Fsp3) is 0.455. The number of carbonyl (C=O) groups is 1. The second kappa shape index (κ2) is 4.34. The van der Waals surface area contributed by atoms with Crippen LogP contribution in [0.4, 0.5) is 0 Å². The van der Waals surface area contributed by atoms with E-state index in [1.807, 2.05) is 4.57 Å². The molecule has 1 aliphatic rings. The molecule has 0 radical (unpaired) electrons. The second-order valence-electron chi connectivity index (χ2n) is 4.40. The van der Waals surface area contributed by atoms with Gasteiger partial charge in [0.2, 0.25) is 5.82 Å². The van der Waals surface area contributed by atoms with Crippen LogP contribution in [0.2, 0.25) is 0 Å². The number of hydrogen-bond donors (Lipinski definition) is 2. The number of nitrogens with zero attached hydrogens (tertiary/aromatic N) is 4. The van der Waals surface area contributed by atoms with Crippen LogP contribution in [-0.4, -0.2) is 38.5 Å². The van der Waals surface area contributed by atoms with E-state index in [1.54, 1.807) is 12.5 Å². The molecule has 1 saturated heterocycles. The molecule has 0 bridgehead atoms. The molecule has 1 aliphatic heterocycles. The molecule has 2 aromatic heterocycles. The van der Waals surface area contributed by atoms with Crippen LogP contribution in [0.3, 0.4) is 0 Å². The number of nitrogens with one attached hydrogen (secondary N) is 1. The van der Waals surface area contributed by atoms with E-state index >= 15 is 0 Å². The Morgan fingerprint density at radius 1 is 1.39 bits per heavy atom. The molecule has 3 N–H and O–H groups in total. The fourth-order valence-corrected chi connectivity index (χ4v) is 2.30. The molecule has 3 rings (SSSR count). The van der Waals surface area contributed by atoms with E-state index in [4.69, 9.17) is 5.73 Å². The van der Waals surface area contributed by atoms with E-state index in [-0.39, 0.29) is 5.82 Å². The monoisotopic (exact) mass is 246 g/mol. The molecule has 94 valence electrons. The van der Waals surface area contributed by atoms with Crippen molar-refractivity contribution in [2.24, 2.45) is 5.73 Å². The van der Waals surface area contributed by atoms with Crippen LogP contribution >= 0.6 is 0 Å². The van der Waals surface area contributed by atoms with Gasteiger partial charge in [0.25, 0.3) is 5.91 Å². The lowest BCUT2D eigenvalue weighted by molar-refractivity contribution is 0.0990. The number of amides is 1. The highest BCUT2D eigenvalue weighted by Gasteiger charge is 2.18. The van der Waals surface area contributed by atoms with Crippen molar-refractivity contribution >= 4 is 17.1 Å². The first-order valence-electron chi connectivity index (χ1n) is 5.96. The van der Waals surface area contributed by atoms with E-state index < -0.39 is 5.91 Å². The minimum Gasteiger partial charge on any atom is -0.363 e. The van der Waals surface area contributed by atoms with Crippen molar-refractivity contribution in [2.75, 3.05) is 13.1 Å². The number of hydrogen-bond acceptors (Lipinski definition) is 5. The highest BCUT2D eigenvalue weighted by Crippen LogP contribution is 2.22. The third-order valence-electron chi connectivity index (χ3n) is 3.24. The van der Waals surface area contributed by atoms with Gasteiger partial charge < -0.3 is 15.6 Å². The predicted octanol–water partition coefficient (Wildman–Crippen LogP) is -0.150. The fourth-order valence-electron chi connectivity index (χ4n) is 2.30. The number of nitrogens with two attached hydrogens (primary N) is 1. The number of piperidine rings is 1. The number of aromatic nitrogens is 4. The van der Waals surface area contributed by atoms with Crippen molar-refractivity contribution in [3.8, 4) is 0 Å². The van der Waals surface area contributed by atoms with Gasteiger partial charge in [-0.1, -0.05) is 0 Å². The van der Waals surface area contributed by atoms with Crippen molar-refractivity contribution < 1.29 is 4.79 Å². The molecule has 2 aromatic rings. The molecule has 18 heavy (non-hydrogen) atoms. The van der Waals surface area contributed by atoms with Gasteiger partial charge in [0.1, 0.15) is 5.52 Å². The lowest BCUT2D eigenvalue weighted by atomic mass is 10.1. The first kappa shape index (κ1) is 11.1. The van der Waals surface area contributed by atoms with Crippen molar-refractivity contribution in [2.45, 2.75) is 18.9 Å². The van der Waals surface area contributed by atoms with Crippen LogP contribution in [0.25, 0.3) is 11.2 Å². The average molecular weight is 246 g/mol. The third kappa shape index (κ3) is 1.82. The summed E-state index contributed by atoms with van der Waals surface area (Å²) in [6, 6.07) is 0.367. The molecule has 7 nitrogen and oxygen atoms in total. The summed E-state index contributed by atoms with van der Waals surface area (Å²) in [5.41, 5.74) is 6.58. The number of imidazole rings is 1. The Hall–Kier alpha value is -2.02.